The second-order valence-electron chi connectivity index (χ2n) is 18.3. The van der Waals surface area contributed by atoms with E-state index in [4.69, 9.17) is 49.5 Å². The number of carbonyl (C=O) groups excluding carboxylic acids is 1. The number of hydrogen-bond acceptors (Lipinski definition) is 21. The van der Waals surface area contributed by atoms with Crippen LogP contribution in [0.1, 0.15) is 64.2 Å². The lowest BCUT2D eigenvalue weighted by atomic mass is 9.72. The van der Waals surface area contributed by atoms with Gasteiger partial charge in [-0.15, -0.1) is 11.6 Å². The first-order valence-electron chi connectivity index (χ1n) is 22.1. The lowest BCUT2D eigenvalue weighted by Crippen LogP contribution is -2.65. The topological polar surface area (TPSA) is 334 Å². The molecule has 9 unspecified atom stereocenters. The van der Waals surface area contributed by atoms with E-state index in [0.29, 0.717) is 6.42 Å². The second kappa shape index (κ2) is 21.8. The molecule has 7 rings (SSSR count). The van der Waals surface area contributed by atoms with Gasteiger partial charge < -0.3 is 99.2 Å². The fraction of sp³-hybridized carbons (Fsp3) is 0.927. The summed E-state index contributed by atoms with van der Waals surface area (Å²) < 4.78 is 47.5. The van der Waals surface area contributed by atoms with Crippen LogP contribution in [0.15, 0.2) is 12.2 Å². The minimum Gasteiger partial charge on any atom is -0.460 e. The first kappa shape index (κ1) is 49.6. The number of halogens is 1. The van der Waals surface area contributed by atoms with Crippen LogP contribution in [-0.4, -0.2) is 221 Å². The molecule has 21 nitrogen and oxygen atoms in total. The Morgan fingerprint density at radius 1 is 0.603 bits per heavy atom. The summed E-state index contributed by atoms with van der Waals surface area (Å²) in [6.45, 7) is -1.65. The highest BCUT2D eigenvalue weighted by atomic mass is 35.5. The average molecular weight is 929 g/mol. The molecule has 3 saturated carbocycles. The van der Waals surface area contributed by atoms with E-state index >= 15 is 0 Å². The number of alkyl halides is 1. The number of hydrogen-bond donors (Lipinski definition) is 12. The minimum absolute atomic E-state index is 0.0780. The van der Waals surface area contributed by atoms with Crippen molar-refractivity contribution in [3.05, 3.63) is 12.2 Å². The number of allylic oxidation sites excluding steroid dienone is 1. The molecule has 4 heterocycles. The van der Waals surface area contributed by atoms with E-state index in [0.717, 1.165) is 25.7 Å². The van der Waals surface area contributed by atoms with Gasteiger partial charge in [-0.1, -0.05) is 6.08 Å². The van der Waals surface area contributed by atoms with E-state index in [1.54, 1.807) is 6.08 Å². The quantitative estimate of drug-likeness (QED) is 0.0507. The maximum absolute atomic E-state index is 12.5. The SMILES string of the molecule is O=C(C=CC1CCC(Cl)CC1)OC[C@H]1O[C@@H](OC[C@H]2O[C@@H](OC3CC4C(O)CC(O)CC4OC3C3CCC(O)C(O)C3)[C@H](O[C@@H]3OC[C@@H](O)[C@H](O)[C@H]3O)[C@@H](O)[C@H]2O)[C@H](O)[C@@H](O)[C@@H]1O. The highest BCUT2D eigenvalue weighted by Gasteiger charge is 2.55. The van der Waals surface area contributed by atoms with Crippen molar-refractivity contribution < 1.29 is 104 Å². The van der Waals surface area contributed by atoms with Gasteiger partial charge in [0.25, 0.3) is 0 Å². The summed E-state index contributed by atoms with van der Waals surface area (Å²) >= 11 is 6.17. The van der Waals surface area contributed by atoms with Crippen molar-refractivity contribution in [2.24, 2.45) is 17.8 Å². The van der Waals surface area contributed by atoms with E-state index in [9.17, 15) is 66.1 Å². The van der Waals surface area contributed by atoms with Crippen molar-refractivity contribution in [3.8, 4) is 0 Å². The van der Waals surface area contributed by atoms with Gasteiger partial charge in [0.1, 0.15) is 73.8 Å². The molecule has 0 bridgehead atoms. The highest BCUT2D eigenvalue weighted by Crippen LogP contribution is 2.44. The number of aliphatic hydroxyl groups excluding tert-OH is 12. The first-order chi connectivity index (χ1) is 30.0. The van der Waals surface area contributed by atoms with E-state index in [-0.39, 0.29) is 43.4 Å². The van der Waals surface area contributed by atoms with Crippen LogP contribution < -0.4 is 0 Å². The van der Waals surface area contributed by atoms with Crippen LogP contribution in [0.5, 0.6) is 0 Å². The summed E-state index contributed by atoms with van der Waals surface area (Å²) in [5, 5.41) is 129. The normalized spacial score (nSPS) is 51.1. The molecule has 0 aromatic carbocycles. The summed E-state index contributed by atoms with van der Waals surface area (Å²) in [4.78, 5) is 12.5. The van der Waals surface area contributed by atoms with Crippen LogP contribution >= 0.6 is 11.6 Å². The van der Waals surface area contributed by atoms with Crippen LogP contribution in [0.25, 0.3) is 0 Å². The van der Waals surface area contributed by atoms with Gasteiger partial charge in [0.05, 0.1) is 55.9 Å². The van der Waals surface area contributed by atoms with Crippen molar-refractivity contribution in [3.63, 3.8) is 0 Å². The predicted octanol–water partition coefficient (Wildman–Crippen LogP) is -3.83. The lowest BCUT2D eigenvalue weighted by Gasteiger charge is -2.51. The Morgan fingerprint density at radius 3 is 2.02 bits per heavy atom. The van der Waals surface area contributed by atoms with Crippen molar-refractivity contribution >= 4 is 17.6 Å². The Labute approximate surface area is 369 Å². The zero-order valence-corrected chi connectivity index (χ0v) is 35.5. The van der Waals surface area contributed by atoms with Gasteiger partial charge in [0.15, 0.2) is 18.9 Å². The number of fused-ring (bicyclic) bond motifs is 1. The van der Waals surface area contributed by atoms with Gasteiger partial charge in [-0.05, 0) is 76.0 Å². The highest BCUT2D eigenvalue weighted by molar-refractivity contribution is 6.20. The standard InChI is InChI=1S/C41H65ClO21/c42-18-5-1-16(2-6-18)3-8-29(48)56-14-27-31(50)33(52)36(55)39(61-27)58-15-28-32(51)34(53)38(63-40-35(54)30(49)24(47)13-57-40)41(62-28)60-26-12-20-22(45)10-19(43)11-25(20)59-37(26)17-4-7-21(44)23(46)9-17/h3,8,16-28,30-41,43-47,49-55H,1-2,4-7,9-15H2/t16?,17?,18?,19?,20?,21?,22?,23?,24-,25?,26?,27-,28-,30+,31-,32+,33+,34+,35-,36-,37?,38-,39-,40+,41-/m1/s1. The molecule has 7 fully saturated rings. The fourth-order valence-electron chi connectivity index (χ4n) is 10.0. The maximum atomic E-state index is 12.5. The Morgan fingerprint density at radius 2 is 1.29 bits per heavy atom. The molecule has 362 valence electrons. The van der Waals surface area contributed by atoms with Crippen LogP contribution in [0.2, 0.25) is 0 Å². The first-order valence-corrected chi connectivity index (χ1v) is 22.6. The van der Waals surface area contributed by atoms with Gasteiger partial charge in [0, 0.05) is 17.4 Å². The molecule has 0 amide bonds. The molecule has 7 aliphatic rings. The molecule has 4 aliphatic heterocycles. The van der Waals surface area contributed by atoms with Crippen LogP contribution in [0.4, 0.5) is 0 Å². The fourth-order valence-corrected chi connectivity index (χ4v) is 10.3. The number of esters is 1. The summed E-state index contributed by atoms with van der Waals surface area (Å²) in [7, 11) is 0. The number of carbonyl (C=O) groups is 1. The van der Waals surface area contributed by atoms with Gasteiger partial charge in [-0.25, -0.2) is 4.79 Å². The molecule has 0 radical (unpaired) electrons. The Hall–Kier alpha value is -1.26. The van der Waals surface area contributed by atoms with E-state index in [2.05, 4.69) is 0 Å². The summed E-state index contributed by atoms with van der Waals surface area (Å²) in [5.74, 6) is -1.49. The Balaban J connectivity index is 1.06. The maximum Gasteiger partial charge on any atom is 0.330 e. The molecule has 4 saturated heterocycles. The number of aliphatic hydroxyl groups is 12. The molecule has 23 atom stereocenters. The minimum atomic E-state index is -1.90. The second-order valence-corrected chi connectivity index (χ2v) is 19.0. The summed E-state index contributed by atoms with van der Waals surface area (Å²) in [6.07, 6.45) is -22.4. The van der Waals surface area contributed by atoms with Crippen molar-refractivity contribution in [1.29, 1.82) is 0 Å². The third kappa shape index (κ3) is 11.7. The van der Waals surface area contributed by atoms with Crippen molar-refractivity contribution in [2.45, 2.75) is 198 Å². The van der Waals surface area contributed by atoms with Gasteiger partial charge in [0.2, 0.25) is 0 Å². The largest absolute Gasteiger partial charge is 0.460 e. The third-order valence-corrected chi connectivity index (χ3v) is 14.3. The van der Waals surface area contributed by atoms with Crippen molar-refractivity contribution in [2.75, 3.05) is 19.8 Å². The molecule has 12 N–H and O–H groups in total. The lowest BCUT2D eigenvalue weighted by molar-refractivity contribution is -0.376. The Kier molecular flexibility index (Phi) is 17.2. The molecule has 22 heteroatoms. The van der Waals surface area contributed by atoms with Gasteiger partial charge >= 0.3 is 5.97 Å². The Bertz CT molecular complexity index is 1490. The predicted molar refractivity (Wildman–Crippen MR) is 210 cm³/mol. The zero-order chi connectivity index (χ0) is 45.3. The average Bonchev–Trinajstić information content (AvgIpc) is 3.25. The monoisotopic (exact) mass is 928 g/mol. The van der Waals surface area contributed by atoms with Gasteiger partial charge in [-0.2, -0.15) is 0 Å². The van der Waals surface area contributed by atoms with Crippen LogP contribution in [0.3, 0.4) is 0 Å². The van der Waals surface area contributed by atoms with Gasteiger partial charge in [-0.3, -0.25) is 0 Å². The summed E-state index contributed by atoms with van der Waals surface area (Å²) in [6, 6.07) is 0. The third-order valence-electron chi connectivity index (χ3n) is 13.9. The summed E-state index contributed by atoms with van der Waals surface area (Å²) in [5.41, 5.74) is 0. The molecule has 0 aromatic heterocycles. The van der Waals surface area contributed by atoms with Crippen LogP contribution in [-0.2, 0) is 42.7 Å². The molecular formula is C41H65ClO21. The molecule has 0 aromatic rings. The van der Waals surface area contributed by atoms with E-state index in [1.807, 2.05) is 0 Å². The molecule has 63 heavy (non-hydrogen) atoms. The molecule has 3 aliphatic carbocycles. The zero-order valence-electron chi connectivity index (χ0n) is 34.7. The smallest absolute Gasteiger partial charge is 0.330 e. The number of rotatable bonds is 12. The molecular weight excluding hydrogens is 864 g/mol. The van der Waals surface area contributed by atoms with E-state index < -0.39 is 166 Å². The van der Waals surface area contributed by atoms with Crippen LogP contribution in [0, 0.1) is 17.8 Å². The van der Waals surface area contributed by atoms with Crippen molar-refractivity contribution in [1.82, 2.24) is 0 Å². The molecule has 0 spiro atoms. The number of ether oxygens (including phenoxy) is 8. The van der Waals surface area contributed by atoms with E-state index in [1.165, 1.54) is 6.08 Å².